The Kier molecular flexibility index (Phi) is 9.44. The summed E-state index contributed by atoms with van der Waals surface area (Å²) in [7, 11) is -3.76. The van der Waals surface area contributed by atoms with Crippen molar-refractivity contribution in [3.63, 3.8) is 0 Å². The Labute approximate surface area is 202 Å². The summed E-state index contributed by atoms with van der Waals surface area (Å²) in [5, 5.41) is 2.76. The highest BCUT2D eigenvalue weighted by Crippen LogP contribution is 2.20. The quantitative estimate of drug-likeness (QED) is 0.442. The lowest BCUT2D eigenvalue weighted by atomic mass is 10.1. The summed E-state index contributed by atoms with van der Waals surface area (Å²) < 4.78 is 40.1. The smallest absolute Gasteiger partial charge is 0.244 e. The minimum atomic E-state index is -3.76. The molecule has 1 atom stereocenters. The molecule has 0 aliphatic carbocycles. The maximum Gasteiger partial charge on any atom is 0.244 e. The van der Waals surface area contributed by atoms with Gasteiger partial charge in [-0.05, 0) is 77.9 Å². The second kappa shape index (κ2) is 11.6. The minimum Gasteiger partial charge on any atom is -0.354 e. The zero-order valence-electron chi connectivity index (χ0n) is 18.2. The highest BCUT2D eigenvalue weighted by molar-refractivity contribution is 14.1. The lowest BCUT2D eigenvalue weighted by molar-refractivity contribution is -0.139. The van der Waals surface area contributed by atoms with Gasteiger partial charge >= 0.3 is 0 Å². The number of anilines is 1. The summed E-state index contributed by atoms with van der Waals surface area (Å²) in [4.78, 5) is 27.2. The van der Waals surface area contributed by atoms with E-state index >= 15 is 0 Å². The third-order valence-corrected chi connectivity index (χ3v) is 6.64. The van der Waals surface area contributed by atoms with Gasteiger partial charge in [0.15, 0.2) is 0 Å². The molecule has 2 aromatic rings. The van der Waals surface area contributed by atoms with Crippen molar-refractivity contribution < 1.29 is 22.4 Å². The van der Waals surface area contributed by atoms with Crippen LogP contribution in [0.25, 0.3) is 0 Å². The normalized spacial score (nSPS) is 12.2. The van der Waals surface area contributed by atoms with Gasteiger partial charge in [0, 0.05) is 16.7 Å². The molecule has 32 heavy (non-hydrogen) atoms. The van der Waals surface area contributed by atoms with Gasteiger partial charge in [-0.25, -0.2) is 12.8 Å². The Bertz CT molecular complexity index is 1030. The molecule has 2 aromatic carbocycles. The Morgan fingerprint density at radius 3 is 2.22 bits per heavy atom. The van der Waals surface area contributed by atoms with Gasteiger partial charge in [0.05, 0.1) is 11.9 Å². The van der Waals surface area contributed by atoms with E-state index in [1.54, 1.807) is 31.2 Å². The van der Waals surface area contributed by atoms with E-state index in [1.165, 1.54) is 29.2 Å². The second-order valence-corrected chi connectivity index (χ2v) is 10.5. The Morgan fingerprint density at radius 1 is 1.09 bits per heavy atom. The van der Waals surface area contributed by atoms with Gasteiger partial charge in [-0.1, -0.05) is 19.1 Å². The highest BCUT2D eigenvalue weighted by Gasteiger charge is 2.29. The van der Waals surface area contributed by atoms with Crippen LogP contribution >= 0.6 is 22.6 Å². The van der Waals surface area contributed by atoms with Crippen LogP contribution in [0.5, 0.6) is 0 Å². The molecule has 7 nitrogen and oxygen atoms in total. The first kappa shape index (κ1) is 26.0. The van der Waals surface area contributed by atoms with Gasteiger partial charge in [-0.2, -0.15) is 0 Å². The predicted molar refractivity (Wildman–Crippen MR) is 131 cm³/mol. The van der Waals surface area contributed by atoms with Crippen LogP contribution in [0.1, 0.15) is 25.8 Å². The molecular formula is C22H27FIN3O4S. The number of hydrogen-bond donors (Lipinski definition) is 1. The molecule has 0 spiro atoms. The fourth-order valence-electron chi connectivity index (χ4n) is 2.99. The Balaban J connectivity index is 2.34. The van der Waals surface area contributed by atoms with E-state index in [1.807, 2.05) is 6.92 Å². The van der Waals surface area contributed by atoms with Crippen molar-refractivity contribution in [2.45, 2.75) is 32.9 Å². The zero-order chi connectivity index (χ0) is 23.9. The summed E-state index contributed by atoms with van der Waals surface area (Å²) in [5.41, 5.74) is 0.973. The van der Waals surface area contributed by atoms with Crippen molar-refractivity contribution in [2.24, 2.45) is 0 Å². The van der Waals surface area contributed by atoms with Crippen molar-refractivity contribution in [3.05, 3.63) is 63.5 Å². The average Bonchev–Trinajstić information content (AvgIpc) is 2.74. The molecule has 0 unspecified atom stereocenters. The number of carbonyl (C=O) groups excluding carboxylic acids is 2. The lowest BCUT2D eigenvalue weighted by Gasteiger charge is -2.31. The number of nitrogens with one attached hydrogen (secondary N) is 1. The summed E-state index contributed by atoms with van der Waals surface area (Å²) >= 11 is 2.10. The molecule has 10 heteroatoms. The third-order valence-electron chi connectivity index (χ3n) is 4.78. The lowest BCUT2D eigenvalue weighted by Crippen LogP contribution is -2.51. The van der Waals surface area contributed by atoms with E-state index in [-0.39, 0.29) is 12.5 Å². The largest absolute Gasteiger partial charge is 0.354 e. The van der Waals surface area contributed by atoms with Crippen LogP contribution in [0.4, 0.5) is 10.1 Å². The summed E-state index contributed by atoms with van der Waals surface area (Å²) in [5.74, 6) is -1.30. The number of sulfonamides is 1. The number of rotatable bonds is 10. The molecule has 0 saturated carbocycles. The number of hydrogen-bond acceptors (Lipinski definition) is 4. The SMILES string of the molecule is CCCNC(=O)[C@H](C)N(Cc1ccc(F)cc1)C(=O)CN(c1ccc(I)cc1)S(C)(=O)=O. The van der Waals surface area contributed by atoms with Gasteiger partial charge in [-0.15, -0.1) is 0 Å². The van der Waals surface area contributed by atoms with Crippen molar-refractivity contribution in [3.8, 4) is 0 Å². The van der Waals surface area contributed by atoms with Crippen molar-refractivity contribution in [1.29, 1.82) is 0 Å². The van der Waals surface area contributed by atoms with Crippen molar-refractivity contribution >= 4 is 50.1 Å². The Morgan fingerprint density at radius 2 is 1.69 bits per heavy atom. The van der Waals surface area contributed by atoms with E-state index in [2.05, 4.69) is 27.9 Å². The van der Waals surface area contributed by atoms with E-state index in [0.717, 1.165) is 20.6 Å². The van der Waals surface area contributed by atoms with Gasteiger partial charge in [0.1, 0.15) is 18.4 Å². The number of carbonyl (C=O) groups is 2. The Hall–Kier alpha value is -2.21. The summed E-state index contributed by atoms with van der Waals surface area (Å²) in [6, 6.07) is 11.5. The molecule has 0 heterocycles. The molecule has 174 valence electrons. The van der Waals surface area contributed by atoms with Crippen LogP contribution in [0.15, 0.2) is 48.5 Å². The summed E-state index contributed by atoms with van der Waals surface area (Å²) in [6.45, 7) is 3.52. The molecule has 2 rings (SSSR count). The first-order chi connectivity index (χ1) is 15.0. The third kappa shape index (κ3) is 7.44. The fourth-order valence-corrected chi connectivity index (χ4v) is 4.20. The molecule has 2 amide bonds. The monoisotopic (exact) mass is 575 g/mol. The van der Waals surface area contributed by atoms with Crippen molar-refractivity contribution in [1.82, 2.24) is 10.2 Å². The fraction of sp³-hybridized carbons (Fsp3) is 0.364. The standard InChI is InChI=1S/C22H27FIN3O4S/c1-4-13-25-22(29)16(2)26(14-17-5-7-18(23)8-6-17)21(28)15-27(32(3,30)31)20-11-9-19(24)10-12-20/h5-12,16H,4,13-15H2,1-3H3,(H,25,29)/t16-/m0/s1. The predicted octanol–water partition coefficient (Wildman–Crippen LogP) is 3.14. The second-order valence-electron chi connectivity index (χ2n) is 7.36. The molecule has 0 aliphatic heterocycles. The number of amides is 2. The van der Waals surface area contributed by atoms with Crippen LogP contribution in [0.2, 0.25) is 0 Å². The number of halogens is 2. The van der Waals surface area contributed by atoms with E-state index in [0.29, 0.717) is 17.8 Å². The summed E-state index contributed by atoms with van der Waals surface area (Å²) in [6.07, 6.45) is 1.76. The minimum absolute atomic E-state index is 0.0319. The van der Waals surface area contributed by atoms with Crippen LogP contribution in [0.3, 0.4) is 0 Å². The van der Waals surface area contributed by atoms with Crippen LogP contribution in [-0.4, -0.2) is 50.5 Å². The molecular weight excluding hydrogens is 548 g/mol. The molecule has 0 aromatic heterocycles. The number of benzene rings is 2. The highest BCUT2D eigenvalue weighted by atomic mass is 127. The molecule has 0 aliphatic rings. The first-order valence-corrected chi connectivity index (χ1v) is 13.0. The average molecular weight is 575 g/mol. The van der Waals surface area contributed by atoms with Gasteiger partial charge in [0.25, 0.3) is 0 Å². The van der Waals surface area contributed by atoms with Gasteiger partial charge in [0.2, 0.25) is 21.8 Å². The number of nitrogens with zero attached hydrogens (tertiary/aromatic N) is 2. The van der Waals surface area contributed by atoms with Crippen LogP contribution in [0, 0.1) is 9.39 Å². The van der Waals surface area contributed by atoms with Gasteiger partial charge < -0.3 is 10.2 Å². The van der Waals surface area contributed by atoms with E-state index in [9.17, 15) is 22.4 Å². The first-order valence-electron chi connectivity index (χ1n) is 10.1. The zero-order valence-corrected chi connectivity index (χ0v) is 21.2. The molecule has 0 radical (unpaired) electrons. The van der Waals surface area contributed by atoms with E-state index < -0.39 is 34.3 Å². The maximum atomic E-state index is 13.3. The molecule has 0 saturated heterocycles. The topological polar surface area (TPSA) is 86.8 Å². The van der Waals surface area contributed by atoms with Gasteiger partial charge in [-0.3, -0.25) is 13.9 Å². The van der Waals surface area contributed by atoms with Crippen LogP contribution < -0.4 is 9.62 Å². The molecule has 0 bridgehead atoms. The maximum absolute atomic E-state index is 13.3. The van der Waals surface area contributed by atoms with Crippen molar-refractivity contribution in [2.75, 3.05) is 23.7 Å². The van der Waals surface area contributed by atoms with Crippen LogP contribution in [-0.2, 0) is 26.2 Å². The molecule has 1 N–H and O–H groups in total. The van der Waals surface area contributed by atoms with E-state index in [4.69, 9.17) is 0 Å². The molecule has 0 fully saturated rings.